The second-order valence-electron chi connectivity index (χ2n) is 5.05. The summed E-state index contributed by atoms with van der Waals surface area (Å²) >= 11 is 3.29. The predicted octanol–water partition coefficient (Wildman–Crippen LogP) is 4.25. The first kappa shape index (κ1) is 16.4. The molecule has 4 nitrogen and oxygen atoms in total. The van der Waals surface area contributed by atoms with E-state index in [1.165, 1.54) is 10.6 Å². The molecule has 3 rings (SSSR count). The summed E-state index contributed by atoms with van der Waals surface area (Å²) in [6, 6.07) is 11.5. The number of nitrogens with zero attached hydrogens (tertiary/aromatic N) is 1. The van der Waals surface area contributed by atoms with Crippen molar-refractivity contribution in [3.8, 4) is 0 Å². The van der Waals surface area contributed by atoms with Gasteiger partial charge in [-0.25, -0.2) is 9.18 Å². The predicted molar refractivity (Wildman–Crippen MR) is 90.9 cm³/mol. The van der Waals surface area contributed by atoms with Gasteiger partial charge in [-0.3, -0.25) is 4.79 Å². The van der Waals surface area contributed by atoms with E-state index < -0.39 is 17.6 Å². The third-order valence-electron chi connectivity index (χ3n) is 3.59. The van der Waals surface area contributed by atoms with Crippen molar-refractivity contribution in [3.05, 3.63) is 75.8 Å². The minimum absolute atomic E-state index is 0.119. The Kier molecular flexibility index (Phi) is 4.49. The zero-order valence-electron chi connectivity index (χ0n) is 12.8. The normalized spacial score (nSPS) is 10.8. The van der Waals surface area contributed by atoms with Crippen molar-refractivity contribution < 1.29 is 18.7 Å². The molecule has 0 unspecified atom stereocenters. The lowest BCUT2D eigenvalue weighted by Crippen LogP contribution is -2.10. The molecule has 122 valence electrons. The first-order chi connectivity index (χ1) is 11.5. The summed E-state index contributed by atoms with van der Waals surface area (Å²) in [6.45, 7) is 1.76. The molecule has 6 heteroatoms. The highest BCUT2D eigenvalue weighted by Crippen LogP contribution is 2.26. The molecule has 0 saturated carbocycles. The van der Waals surface area contributed by atoms with E-state index in [2.05, 4.69) is 15.9 Å². The van der Waals surface area contributed by atoms with Crippen LogP contribution >= 0.6 is 15.9 Å². The topological polar surface area (TPSA) is 47.8 Å². The van der Waals surface area contributed by atoms with Crippen LogP contribution in [0.5, 0.6) is 0 Å². The highest BCUT2D eigenvalue weighted by Gasteiger charge is 2.28. The van der Waals surface area contributed by atoms with Gasteiger partial charge in [0.1, 0.15) is 0 Å². The Morgan fingerprint density at radius 2 is 1.88 bits per heavy atom. The van der Waals surface area contributed by atoms with E-state index in [4.69, 9.17) is 4.74 Å². The van der Waals surface area contributed by atoms with Crippen molar-refractivity contribution in [2.24, 2.45) is 0 Å². The molecule has 0 aliphatic heterocycles. The van der Waals surface area contributed by atoms with Gasteiger partial charge >= 0.3 is 5.97 Å². The number of benzene rings is 1. The van der Waals surface area contributed by atoms with Gasteiger partial charge in [-0.15, -0.1) is 0 Å². The molecule has 0 aliphatic rings. The lowest BCUT2D eigenvalue weighted by molar-refractivity contribution is 0.0513. The molecule has 2 heterocycles. The van der Waals surface area contributed by atoms with Crippen LogP contribution in [0.15, 0.2) is 53.1 Å². The van der Waals surface area contributed by atoms with E-state index >= 15 is 0 Å². The zero-order chi connectivity index (χ0) is 17.3. The van der Waals surface area contributed by atoms with Crippen LogP contribution in [-0.4, -0.2) is 22.8 Å². The van der Waals surface area contributed by atoms with Crippen LogP contribution < -0.4 is 0 Å². The highest BCUT2D eigenvalue weighted by molar-refractivity contribution is 9.10. The van der Waals surface area contributed by atoms with Crippen molar-refractivity contribution in [3.63, 3.8) is 0 Å². The van der Waals surface area contributed by atoms with Crippen LogP contribution in [0, 0.1) is 5.82 Å². The number of carbonyl (C=O) groups excluding carboxylic acids is 2. The van der Waals surface area contributed by atoms with Crippen LogP contribution in [0.25, 0.3) is 5.52 Å². The average molecular weight is 390 g/mol. The fraction of sp³-hybridized carbons (Fsp3) is 0.111. The molecule has 3 aromatic rings. The monoisotopic (exact) mass is 389 g/mol. The summed E-state index contributed by atoms with van der Waals surface area (Å²) in [5, 5.41) is 0. The smallest absolute Gasteiger partial charge is 0.358 e. The molecule has 24 heavy (non-hydrogen) atoms. The van der Waals surface area contributed by atoms with E-state index in [1.807, 2.05) is 0 Å². The molecule has 0 amide bonds. The molecule has 0 aliphatic carbocycles. The molecule has 0 N–H and O–H groups in total. The second-order valence-corrected chi connectivity index (χ2v) is 5.97. The molecule has 0 radical (unpaired) electrons. The Morgan fingerprint density at radius 1 is 1.17 bits per heavy atom. The fourth-order valence-corrected chi connectivity index (χ4v) is 2.79. The molecular formula is C18H13BrFNO3. The maximum absolute atomic E-state index is 14.9. The SMILES string of the molecule is CCOC(=O)c1c(F)c(C(=O)c2ccc(Br)cc2)c2ccccn12. The minimum atomic E-state index is -0.868. The van der Waals surface area contributed by atoms with Crippen LogP contribution in [0.2, 0.25) is 0 Å². The molecule has 1 aromatic carbocycles. The summed E-state index contributed by atoms with van der Waals surface area (Å²) in [7, 11) is 0. The Hall–Kier alpha value is -2.47. The van der Waals surface area contributed by atoms with Crippen molar-refractivity contribution in [2.45, 2.75) is 6.92 Å². The van der Waals surface area contributed by atoms with Crippen molar-refractivity contribution in [2.75, 3.05) is 6.61 Å². The highest BCUT2D eigenvalue weighted by atomic mass is 79.9. The van der Waals surface area contributed by atoms with Gasteiger partial charge in [0.15, 0.2) is 17.3 Å². The van der Waals surface area contributed by atoms with Crippen LogP contribution in [-0.2, 0) is 4.74 Å². The quantitative estimate of drug-likeness (QED) is 0.495. The van der Waals surface area contributed by atoms with Crippen LogP contribution in [0.3, 0.4) is 0 Å². The maximum Gasteiger partial charge on any atom is 0.358 e. The van der Waals surface area contributed by atoms with Gasteiger partial charge in [0, 0.05) is 16.2 Å². The number of aromatic nitrogens is 1. The number of pyridine rings is 1. The number of rotatable bonds is 4. The van der Waals surface area contributed by atoms with Gasteiger partial charge in [0.25, 0.3) is 0 Å². The molecule has 2 aromatic heterocycles. The molecular weight excluding hydrogens is 377 g/mol. The van der Waals surface area contributed by atoms with Gasteiger partial charge in [-0.05, 0) is 43.3 Å². The Bertz CT molecular complexity index is 931. The van der Waals surface area contributed by atoms with E-state index in [9.17, 15) is 14.0 Å². The molecule has 0 fully saturated rings. The molecule has 0 atom stereocenters. The fourth-order valence-electron chi connectivity index (χ4n) is 2.53. The molecule has 0 saturated heterocycles. The second kappa shape index (κ2) is 6.57. The van der Waals surface area contributed by atoms with Gasteiger partial charge in [-0.1, -0.05) is 22.0 Å². The number of ketones is 1. The van der Waals surface area contributed by atoms with Crippen LogP contribution in [0.4, 0.5) is 4.39 Å². The van der Waals surface area contributed by atoms with Gasteiger partial charge in [0.2, 0.25) is 0 Å². The number of esters is 1. The molecule has 0 spiro atoms. The summed E-state index contributed by atoms with van der Waals surface area (Å²) < 4.78 is 22.0. The van der Waals surface area contributed by atoms with Crippen LogP contribution in [0.1, 0.15) is 33.3 Å². The number of hydrogen-bond acceptors (Lipinski definition) is 3. The largest absolute Gasteiger partial charge is 0.461 e. The van der Waals surface area contributed by atoms with Gasteiger partial charge in [0.05, 0.1) is 17.7 Å². The Labute approximate surface area is 146 Å². The number of halogens is 2. The van der Waals surface area contributed by atoms with E-state index in [1.54, 1.807) is 49.4 Å². The lowest BCUT2D eigenvalue weighted by atomic mass is 10.0. The summed E-state index contributed by atoms with van der Waals surface area (Å²) in [4.78, 5) is 24.9. The van der Waals surface area contributed by atoms with Crippen molar-refractivity contribution >= 4 is 33.2 Å². The lowest BCUT2D eigenvalue weighted by Gasteiger charge is -2.02. The van der Waals surface area contributed by atoms with Gasteiger partial charge < -0.3 is 9.14 Å². The van der Waals surface area contributed by atoms with E-state index in [0.29, 0.717) is 11.1 Å². The molecule has 0 bridgehead atoms. The van der Waals surface area contributed by atoms with Crippen molar-refractivity contribution in [1.29, 1.82) is 0 Å². The first-order valence-electron chi connectivity index (χ1n) is 7.30. The number of fused-ring (bicyclic) bond motifs is 1. The summed E-state index contributed by atoms with van der Waals surface area (Å²) in [6.07, 6.45) is 1.53. The Balaban J connectivity index is 2.21. The van der Waals surface area contributed by atoms with E-state index in [0.717, 1.165) is 4.47 Å². The van der Waals surface area contributed by atoms with Crippen molar-refractivity contribution in [1.82, 2.24) is 4.40 Å². The third-order valence-corrected chi connectivity index (χ3v) is 4.12. The number of ether oxygens (including phenoxy) is 1. The first-order valence-corrected chi connectivity index (χ1v) is 8.09. The number of hydrogen-bond donors (Lipinski definition) is 0. The maximum atomic E-state index is 14.9. The zero-order valence-corrected chi connectivity index (χ0v) is 14.3. The summed E-state index contributed by atoms with van der Waals surface area (Å²) in [5.41, 5.74) is 0.253. The average Bonchev–Trinajstić information content (AvgIpc) is 2.87. The van der Waals surface area contributed by atoms with Gasteiger partial charge in [-0.2, -0.15) is 0 Å². The minimum Gasteiger partial charge on any atom is -0.461 e. The number of carbonyl (C=O) groups is 2. The Morgan fingerprint density at radius 3 is 2.54 bits per heavy atom. The van der Waals surface area contributed by atoms with E-state index in [-0.39, 0.29) is 17.9 Å². The summed E-state index contributed by atoms with van der Waals surface area (Å²) in [5.74, 6) is -2.15. The standard InChI is InChI=1S/C18H13BrFNO3/c1-2-24-18(23)16-15(20)14(13-5-3-4-10-21(13)16)17(22)11-6-8-12(19)9-7-11/h3-10H,2H2,1H3. The third kappa shape index (κ3) is 2.73.